The molecule has 140 valence electrons. The fourth-order valence-electron chi connectivity index (χ4n) is 2.50. The van der Waals surface area contributed by atoms with Gasteiger partial charge in [0.1, 0.15) is 0 Å². The number of anilines is 2. The summed E-state index contributed by atoms with van der Waals surface area (Å²) in [5, 5.41) is 6.10. The molecule has 0 aliphatic carbocycles. The Labute approximate surface area is 167 Å². The molecular weight excluding hydrogens is 376 g/mol. The van der Waals surface area contributed by atoms with Gasteiger partial charge in [0, 0.05) is 33.1 Å². The van der Waals surface area contributed by atoms with Crippen molar-refractivity contribution in [2.75, 3.05) is 10.6 Å². The van der Waals surface area contributed by atoms with E-state index in [9.17, 15) is 14.4 Å². The molecule has 0 heterocycles. The van der Waals surface area contributed by atoms with Crippen LogP contribution in [0.3, 0.4) is 0 Å². The number of hydrogen-bond acceptors (Lipinski definition) is 3. The molecule has 28 heavy (non-hydrogen) atoms. The van der Waals surface area contributed by atoms with Crippen molar-refractivity contribution in [1.29, 1.82) is 0 Å². The lowest BCUT2D eigenvalue weighted by atomic mass is 10.1. The highest BCUT2D eigenvalue weighted by Gasteiger charge is 2.10. The molecule has 0 aliphatic heterocycles. The van der Waals surface area contributed by atoms with Gasteiger partial charge in [0.05, 0.1) is 0 Å². The third-order valence-corrected chi connectivity index (χ3v) is 4.31. The zero-order valence-corrected chi connectivity index (χ0v) is 15.8. The minimum atomic E-state index is -0.305. The quantitative estimate of drug-likeness (QED) is 0.597. The van der Waals surface area contributed by atoms with Crippen LogP contribution in [0.15, 0.2) is 72.8 Å². The van der Waals surface area contributed by atoms with E-state index < -0.39 is 0 Å². The van der Waals surface area contributed by atoms with Gasteiger partial charge in [0.25, 0.3) is 11.8 Å². The SMILES string of the molecule is CC(=O)c1ccc(NC(=O)c2ccc(C(=O)Nc3ccc(Cl)cc3)cc2)cc1. The van der Waals surface area contributed by atoms with Crippen LogP contribution in [0, 0.1) is 0 Å². The molecule has 0 saturated heterocycles. The van der Waals surface area contributed by atoms with Gasteiger partial charge in [0.15, 0.2) is 5.78 Å². The topological polar surface area (TPSA) is 75.3 Å². The highest BCUT2D eigenvalue weighted by Crippen LogP contribution is 2.16. The summed E-state index contributed by atoms with van der Waals surface area (Å²) in [6, 6.07) is 19.8. The summed E-state index contributed by atoms with van der Waals surface area (Å²) in [6.45, 7) is 1.48. The average molecular weight is 393 g/mol. The van der Waals surface area contributed by atoms with E-state index in [1.54, 1.807) is 72.8 Å². The standard InChI is InChI=1S/C22H17ClN2O3/c1-14(26)15-6-10-19(11-7-15)24-21(27)16-2-4-17(5-3-16)22(28)25-20-12-8-18(23)9-13-20/h2-13H,1H3,(H,24,27)(H,25,28). The van der Waals surface area contributed by atoms with Crippen LogP contribution in [-0.4, -0.2) is 17.6 Å². The third-order valence-electron chi connectivity index (χ3n) is 4.06. The van der Waals surface area contributed by atoms with Crippen LogP contribution >= 0.6 is 11.6 Å². The first-order chi connectivity index (χ1) is 13.4. The van der Waals surface area contributed by atoms with Crippen LogP contribution in [0.4, 0.5) is 11.4 Å². The molecule has 2 amide bonds. The molecule has 0 unspecified atom stereocenters. The fraction of sp³-hybridized carbons (Fsp3) is 0.0455. The van der Waals surface area contributed by atoms with Gasteiger partial charge in [-0.2, -0.15) is 0 Å². The van der Waals surface area contributed by atoms with Gasteiger partial charge in [-0.15, -0.1) is 0 Å². The summed E-state index contributed by atoms with van der Waals surface area (Å²) in [6.07, 6.45) is 0. The lowest BCUT2D eigenvalue weighted by molar-refractivity contribution is 0.101. The number of hydrogen-bond donors (Lipinski definition) is 2. The number of halogens is 1. The maximum Gasteiger partial charge on any atom is 0.255 e. The number of Topliss-reactive ketones (excluding diaryl/α,β-unsaturated/α-hetero) is 1. The largest absolute Gasteiger partial charge is 0.322 e. The van der Waals surface area contributed by atoms with Crippen molar-refractivity contribution in [3.63, 3.8) is 0 Å². The summed E-state index contributed by atoms with van der Waals surface area (Å²) >= 11 is 5.83. The Balaban J connectivity index is 1.64. The molecule has 0 atom stereocenters. The van der Waals surface area contributed by atoms with Crippen molar-refractivity contribution >= 4 is 40.6 Å². The summed E-state index contributed by atoms with van der Waals surface area (Å²) < 4.78 is 0. The van der Waals surface area contributed by atoms with Crippen LogP contribution in [0.2, 0.25) is 5.02 Å². The Morgan fingerprint density at radius 1 is 0.607 bits per heavy atom. The van der Waals surface area contributed by atoms with Crippen LogP contribution < -0.4 is 10.6 Å². The van der Waals surface area contributed by atoms with Crippen LogP contribution in [-0.2, 0) is 0 Å². The molecule has 6 heteroatoms. The van der Waals surface area contributed by atoms with E-state index in [1.165, 1.54) is 6.92 Å². The smallest absolute Gasteiger partial charge is 0.255 e. The summed E-state index contributed by atoms with van der Waals surface area (Å²) in [4.78, 5) is 35.9. The van der Waals surface area contributed by atoms with Gasteiger partial charge in [-0.25, -0.2) is 0 Å². The van der Waals surface area contributed by atoms with E-state index in [4.69, 9.17) is 11.6 Å². The van der Waals surface area contributed by atoms with E-state index >= 15 is 0 Å². The normalized spacial score (nSPS) is 10.2. The summed E-state index contributed by atoms with van der Waals surface area (Å²) in [7, 11) is 0. The van der Waals surface area contributed by atoms with Crippen molar-refractivity contribution in [3.8, 4) is 0 Å². The number of amides is 2. The van der Waals surface area contributed by atoms with Crippen molar-refractivity contribution in [3.05, 3.63) is 94.5 Å². The van der Waals surface area contributed by atoms with Gasteiger partial charge in [-0.05, 0) is 79.7 Å². The fourth-order valence-corrected chi connectivity index (χ4v) is 2.63. The second-order valence-corrected chi connectivity index (χ2v) is 6.56. The Bertz CT molecular complexity index is 1010. The average Bonchev–Trinajstić information content (AvgIpc) is 2.70. The molecule has 0 saturated carbocycles. The van der Waals surface area contributed by atoms with Crippen LogP contribution in [0.1, 0.15) is 38.0 Å². The lowest BCUT2D eigenvalue weighted by Gasteiger charge is -2.08. The van der Waals surface area contributed by atoms with Crippen molar-refractivity contribution in [2.45, 2.75) is 6.92 Å². The highest BCUT2D eigenvalue weighted by atomic mass is 35.5. The maximum absolute atomic E-state index is 12.3. The number of nitrogens with one attached hydrogen (secondary N) is 2. The van der Waals surface area contributed by atoms with E-state index in [2.05, 4.69) is 10.6 Å². The van der Waals surface area contributed by atoms with E-state index in [1.807, 2.05) is 0 Å². The molecule has 3 aromatic carbocycles. The Morgan fingerprint density at radius 3 is 1.36 bits per heavy atom. The first kappa shape index (κ1) is 19.3. The summed E-state index contributed by atoms with van der Waals surface area (Å²) in [5.74, 6) is -0.625. The number of rotatable bonds is 5. The number of carbonyl (C=O) groups excluding carboxylic acids is 3. The van der Waals surface area contributed by atoms with Gasteiger partial charge >= 0.3 is 0 Å². The number of benzene rings is 3. The zero-order chi connectivity index (χ0) is 20.1. The van der Waals surface area contributed by atoms with Crippen molar-refractivity contribution in [2.24, 2.45) is 0 Å². The molecular formula is C22H17ClN2O3. The molecule has 0 radical (unpaired) electrons. The van der Waals surface area contributed by atoms with E-state index in [-0.39, 0.29) is 17.6 Å². The lowest BCUT2D eigenvalue weighted by Crippen LogP contribution is -2.14. The highest BCUT2D eigenvalue weighted by molar-refractivity contribution is 6.30. The molecule has 0 aromatic heterocycles. The monoisotopic (exact) mass is 392 g/mol. The zero-order valence-electron chi connectivity index (χ0n) is 15.0. The van der Waals surface area contributed by atoms with Gasteiger partial charge in [-0.1, -0.05) is 11.6 Å². The Hall–Kier alpha value is -3.44. The Morgan fingerprint density at radius 2 is 0.964 bits per heavy atom. The first-order valence-corrected chi connectivity index (χ1v) is 8.89. The van der Waals surface area contributed by atoms with Crippen LogP contribution in [0.25, 0.3) is 0 Å². The molecule has 0 fully saturated rings. The minimum Gasteiger partial charge on any atom is -0.322 e. The molecule has 0 bridgehead atoms. The molecule has 3 rings (SSSR count). The maximum atomic E-state index is 12.3. The molecule has 0 aliphatic rings. The third kappa shape index (κ3) is 4.84. The van der Waals surface area contributed by atoms with Crippen molar-refractivity contribution in [1.82, 2.24) is 0 Å². The number of ketones is 1. The summed E-state index contributed by atoms with van der Waals surface area (Å²) in [5.41, 5.74) is 2.63. The van der Waals surface area contributed by atoms with E-state index in [0.717, 1.165) is 0 Å². The molecule has 2 N–H and O–H groups in total. The van der Waals surface area contributed by atoms with Crippen LogP contribution in [0.5, 0.6) is 0 Å². The Kier molecular flexibility index (Phi) is 5.87. The molecule has 3 aromatic rings. The van der Waals surface area contributed by atoms with Gasteiger partial charge < -0.3 is 10.6 Å². The van der Waals surface area contributed by atoms with Crippen molar-refractivity contribution < 1.29 is 14.4 Å². The molecule has 5 nitrogen and oxygen atoms in total. The first-order valence-electron chi connectivity index (χ1n) is 8.52. The van der Waals surface area contributed by atoms with Gasteiger partial charge in [-0.3, -0.25) is 14.4 Å². The van der Waals surface area contributed by atoms with E-state index in [0.29, 0.717) is 33.1 Å². The second kappa shape index (κ2) is 8.50. The second-order valence-electron chi connectivity index (χ2n) is 6.13. The van der Waals surface area contributed by atoms with Gasteiger partial charge in [0.2, 0.25) is 0 Å². The predicted molar refractivity (Wildman–Crippen MR) is 110 cm³/mol. The molecule has 0 spiro atoms. The predicted octanol–water partition coefficient (Wildman–Crippen LogP) is 5.05. The number of carbonyl (C=O) groups is 3. The minimum absolute atomic E-state index is 0.0367.